The van der Waals surface area contributed by atoms with Crippen molar-refractivity contribution in [3.8, 4) is 0 Å². The molecule has 0 spiro atoms. The van der Waals surface area contributed by atoms with Gasteiger partial charge >= 0.3 is 0 Å². The highest BCUT2D eigenvalue weighted by atomic mass is 16.6. The molecule has 1 rings (SSSR count). The Labute approximate surface area is 55.3 Å². The molecule has 1 aliphatic rings. The number of hydroxylamine groups is 1. The number of rotatable bonds is 1. The monoisotopic (exact) mass is 131 g/mol. The molecule has 0 amide bonds. The van der Waals surface area contributed by atoms with Gasteiger partial charge in [-0.05, 0) is 0 Å². The minimum Gasteiger partial charge on any atom is -0.299 e. The minimum absolute atomic E-state index is 0.762. The van der Waals surface area contributed by atoms with Gasteiger partial charge in [0, 0.05) is 20.6 Å². The average molecular weight is 131 g/mol. The Morgan fingerprint density at radius 3 is 2.67 bits per heavy atom. The fourth-order valence-corrected chi connectivity index (χ4v) is 0.764. The van der Waals surface area contributed by atoms with E-state index >= 15 is 0 Å². The van der Waals surface area contributed by atoms with Crippen molar-refractivity contribution in [2.24, 2.45) is 0 Å². The van der Waals surface area contributed by atoms with E-state index in [0.717, 1.165) is 19.8 Å². The highest BCUT2D eigenvalue weighted by Gasteiger charge is 2.10. The first-order chi connectivity index (χ1) is 4.30. The number of hydrogen-bond donors (Lipinski definition) is 1. The second kappa shape index (κ2) is 3.12. The molecule has 4 nitrogen and oxygen atoms in total. The number of hydrazine groups is 1. The second-order valence-electron chi connectivity index (χ2n) is 2.23. The summed E-state index contributed by atoms with van der Waals surface area (Å²) in [5.74, 6) is 0. The minimum atomic E-state index is 0.762. The molecule has 0 radical (unpaired) electrons. The maximum absolute atomic E-state index is 4.93. The van der Waals surface area contributed by atoms with E-state index in [1.807, 2.05) is 14.1 Å². The molecule has 0 atom stereocenters. The molecule has 1 fully saturated rings. The van der Waals surface area contributed by atoms with Crippen LogP contribution >= 0.6 is 0 Å². The van der Waals surface area contributed by atoms with E-state index < -0.39 is 0 Å². The summed E-state index contributed by atoms with van der Waals surface area (Å²) >= 11 is 0. The maximum Gasteiger partial charge on any atom is 0.0863 e. The first kappa shape index (κ1) is 6.95. The Kier molecular flexibility index (Phi) is 2.41. The van der Waals surface area contributed by atoms with Crippen molar-refractivity contribution in [2.45, 2.75) is 0 Å². The molecule has 0 aromatic rings. The van der Waals surface area contributed by atoms with E-state index in [4.69, 9.17) is 4.84 Å². The van der Waals surface area contributed by atoms with E-state index in [0.29, 0.717) is 0 Å². The van der Waals surface area contributed by atoms with Gasteiger partial charge in [-0.3, -0.25) is 4.84 Å². The molecule has 4 heteroatoms. The van der Waals surface area contributed by atoms with Crippen LogP contribution in [0.1, 0.15) is 0 Å². The number of hydrogen-bond acceptors (Lipinski definition) is 4. The molecular formula is C5H13N3O. The molecule has 0 unspecified atom stereocenters. The van der Waals surface area contributed by atoms with E-state index in [1.54, 1.807) is 0 Å². The first-order valence-electron chi connectivity index (χ1n) is 3.07. The van der Waals surface area contributed by atoms with Crippen molar-refractivity contribution in [3.63, 3.8) is 0 Å². The number of nitrogens with one attached hydrogen (secondary N) is 1. The summed E-state index contributed by atoms with van der Waals surface area (Å²) in [6.07, 6.45) is 0. The first-order valence-corrected chi connectivity index (χ1v) is 3.07. The Morgan fingerprint density at radius 1 is 1.56 bits per heavy atom. The summed E-state index contributed by atoms with van der Waals surface area (Å²) in [5.41, 5.74) is 2.80. The van der Waals surface area contributed by atoms with Gasteiger partial charge in [0.1, 0.15) is 0 Å². The van der Waals surface area contributed by atoms with Crippen LogP contribution in [-0.4, -0.2) is 43.9 Å². The molecule has 1 N–H and O–H groups in total. The Hall–Kier alpha value is -0.160. The molecule has 9 heavy (non-hydrogen) atoms. The van der Waals surface area contributed by atoms with Gasteiger partial charge in [0.25, 0.3) is 0 Å². The second-order valence-corrected chi connectivity index (χ2v) is 2.23. The van der Waals surface area contributed by atoms with Crippen LogP contribution in [0.2, 0.25) is 0 Å². The lowest BCUT2D eigenvalue weighted by molar-refractivity contribution is -0.114. The molecule has 54 valence electrons. The van der Waals surface area contributed by atoms with E-state index in [2.05, 4.69) is 15.5 Å². The predicted octanol–water partition coefficient (Wildman–Crippen LogP) is -0.743. The zero-order valence-electron chi connectivity index (χ0n) is 5.92. The lowest BCUT2D eigenvalue weighted by Gasteiger charge is -2.31. The summed E-state index contributed by atoms with van der Waals surface area (Å²) in [7, 11) is 4.04. The van der Waals surface area contributed by atoms with Crippen molar-refractivity contribution in [2.75, 3.05) is 33.9 Å². The lowest BCUT2D eigenvalue weighted by Crippen LogP contribution is -2.49. The summed E-state index contributed by atoms with van der Waals surface area (Å²) < 4.78 is 0. The van der Waals surface area contributed by atoms with Crippen LogP contribution in [0, 0.1) is 0 Å². The summed E-state index contributed by atoms with van der Waals surface area (Å²) in [4.78, 5) is 4.93. The molecular weight excluding hydrogens is 118 g/mol. The van der Waals surface area contributed by atoms with Gasteiger partial charge in [0.15, 0.2) is 0 Å². The third kappa shape index (κ3) is 1.91. The van der Waals surface area contributed by atoms with Gasteiger partial charge in [-0.25, -0.2) is 10.0 Å². The highest BCUT2D eigenvalue weighted by Crippen LogP contribution is 1.92. The smallest absolute Gasteiger partial charge is 0.0863 e. The zero-order valence-corrected chi connectivity index (χ0v) is 5.92. The number of nitrogens with zero attached hydrogens (tertiary/aromatic N) is 2. The third-order valence-corrected chi connectivity index (χ3v) is 1.37. The van der Waals surface area contributed by atoms with Crippen LogP contribution in [-0.2, 0) is 4.84 Å². The summed E-state index contributed by atoms with van der Waals surface area (Å²) in [6.45, 7) is 2.52. The van der Waals surface area contributed by atoms with Crippen molar-refractivity contribution in [1.29, 1.82) is 0 Å². The molecule has 0 aromatic carbocycles. The molecule has 0 saturated carbocycles. The average Bonchev–Trinajstić information content (AvgIpc) is 1.90. The molecule has 0 aromatic heterocycles. The SMILES string of the molecule is CN(C)N1CCONC1. The van der Waals surface area contributed by atoms with Crippen LogP contribution in [0.25, 0.3) is 0 Å². The molecule has 1 aliphatic heterocycles. The quantitative estimate of drug-likeness (QED) is 0.507. The molecule has 1 saturated heterocycles. The predicted molar refractivity (Wildman–Crippen MR) is 34.3 cm³/mol. The topological polar surface area (TPSA) is 27.7 Å². The van der Waals surface area contributed by atoms with Gasteiger partial charge in [0.05, 0.1) is 13.3 Å². The van der Waals surface area contributed by atoms with Gasteiger partial charge in [-0.1, -0.05) is 0 Å². The molecule has 1 heterocycles. The van der Waals surface area contributed by atoms with Crippen molar-refractivity contribution in [1.82, 2.24) is 15.5 Å². The standard InChI is InChI=1S/C5H13N3O/c1-7(2)8-3-4-9-6-5-8/h6H,3-5H2,1-2H3. The molecule has 0 aliphatic carbocycles. The Balaban J connectivity index is 2.23. The fourth-order valence-electron chi connectivity index (χ4n) is 0.764. The summed E-state index contributed by atoms with van der Waals surface area (Å²) in [5, 5.41) is 4.21. The zero-order chi connectivity index (χ0) is 6.69. The van der Waals surface area contributed by atoms with Crippen molar-refractivity contribution < 1.29 is 4.84 Å². The van der Waals surface area contributed by atoms with Crippen LogP contribution in [0.15, 0.2) is 0 Å². The van der Waals surface area contributed by atoms with Gasteiger partial charge < -0.3 is 0 Å². The normalized spacial score (nSPS) is 23.0. The largest absolute Gasteiger partial charge is 0.299 e. The third-order valence-electron chi connectivity index (χ3n) is 1.37. The highest BCUT2D eigenvalue weighted by molar-refractivity contribution is 4.49. The fraction of sp³-hybridized carbons (Fsp3) is 1.00. The van der Waals surface area contributed by atoms with Gasteiger partial charge in [0.2, 0.25) is 0 Å². The van der Waals surface area contributed by atoms with Gasteiger partial charge in [-0.15, -0.1) is 0 Å². The maximum atomic E-state index is 4.93. The van der Waals surface area contributed by atoms with Crippen molar-refractivity contribution >= 4 is 0 Å². The van der Waals surface area contributed by atoms with Crippen LogP contribution < -0.4 is 5.48 Å². The Bertz CT molecular complexity index is 80.3. The van der Waals surface area contributed by atoms with Crippen LogP contribution in [0.5, 0.6) is 0 Å². The summed E-state index contributed by atoms with van der Waals surface area (Å²) in [6, 6.07) is 0. The lowest BCUT2D eigenvalue weighted by atomic mass is 10.6. The van der Waals surface area contributed by atoms with Crippen LogP contribution in [0.3, 0.4) is 0 Å². The Morgan fingerprint density at radius 2 is 2.33 bits per heavy atom. The van der Waals surface area contributed by atoms with E-state index in [-0.39, 0.29) is 0 Å². The van der Waals surface area contributed by atoms with E-state index in [1.165, 1.54) is 0 Å². The molecule has 0 bridgehead atoms. The van der Waals surface area contributed by atoms with E-state index in [9.17, 15) is 0 Å². The van der Waals surface area contributed by atoms with Gasteiger partial charge in [-0.2, -0.15) is 5.48 Å². The van der Waals surface area contributed by atoms with Crippen LogP contribution in [0.4, 0.5) is 0 Å². The van der Waals surface area contributed by atoms with Crippen molar-refractivity contribution in [3.05, 3.63) is 0 Å².